The van der Waals surface area contributed by atoms with E-state index in [1.165, 1.54) is 4.88 Å². The Morgan fingerprint density at radius 1 is 0.931 bits per heavy atom. The van der Waals surface area contributed by atoms with Gasteiger partial charge < -0.3 is 20.1 Å². The first-order chi connectivity index (χ1) is 14.3. The molecule has 2 aromatic carbocycles. The average molecular weight is 404 g/mol. The Kier molecular flexibility index (Phi) is 4.88. The second-order valence-corrected chi connectivity index (χ2v) is 7.74. The van der Waals surface area contributed by atoms with Crippen LogP contribution < -0.4 is 20.1 Å². The molecule has 3 heterocycles. The highest BCUT2D eigenvalue weighted by Crippen LogP contribution is 2.32. The number of aromatic nitrogens is 2. The van der Waals surface area contributed by atoms with Crippen LogP contribution in [0.4, 0.5) is 11.8 Å². The van der Waals surface area contributed by atoms with Crippen LogP contribution in [0, 0.1) is 0 Å². The van der Waals surface area contributed by atoms with Gasteiger partial charge in [0.1, 0.15) is 5.82 Å². The summed E-state index contributed by atoms with van der Waals surface area (Å²) in [6, 6.07) is 18.2. The van der Waals surface area contributed by atoms with Crippen LogP contribution in [0.15, 0.2) is 60.0 Å². The molecule has 0 saturated heterocycles. The molecule has 1 aliphatic rings. The van der Waals surface area contributed by atoms with Crippen LogP contribution in [0.1, 0.15) is 10.4 Å². The highest BCUT2D eigenvalue weighted by atomic mass is 32.1. The van der Waals surface area contributed by atoms with Crippen LogP contribution in [0.2, 0.25) is 0 Å². The molecule has 29 heavy (non-hydrogen) atoms. The summed E-state index contributed by atoms with van der Waals surface area (Å²) in [6.07, 6.45) is 0.968. The number of hydrogen-bond donors (Lipinski definition) is 2. The summed E-state index contributed by atoms with van der Waals surface area (Å²) in [7, 11) is 0. The van der Waals surface area contributed by atoms with Gasteiger partial charge in [-0.2, -0.15) is 4.98 Å². The molecule has 2 N–H and O–H groups in total. The third kappa shape index (κ3) is 3.95. The molecule has 0 amide bonds. The molecular formula is C22H20N4O2S. The van der Waals surface area contributed by atoms with Gasteiger partial charge in [-0.25, -0.2) is 4.98 Å². The molecule has 0 radical (unpaired) electrons. The smallest absolute Gasteiger partial charge is 0.231 e. The van der Waals surface area contributed by atoms with E-state index in [1.807, 2.05) is 42.5 Å². The normalized spacial score (nSPS) is 12.3. The zero-order valence-corrected chi connectivity index (χ0v) is 16.5. The van der Waals surface area contributed by atoms with Gasteiger partial charge in [-0.05, 0) is 47.7 Å². The maximum Gasteiger partial charge on any atom is 0.231 e. The number of nitrogens with zero attached hydrogens (tertiary/aromatic N) is 2. The van der Waals surface area contributed by atoms with Crippen LogP contribution in [0.3, 0.4) is 0 Å². The number of benzene rings is 2. The Bertz CT molecular complexity index is 1130. The molecule has 0 unspecified atom stereocenters. The first kappa shape index (κ1) is 17.8. The van der Waals surface area contributed by atoms with Gasteiger partial charge in [0, 0.05) is 23.4 Å². The van der Waals surface area contributed by atoms with Crippen molar-refractivity contribution in [1.29, 1.82) is 0 Å². The molecular weight excluding hydrogens is 384 g/mol. The van der Waals surface area contributed by atoms with Gasteiger partial charge in [0.2, 0.25) is 12.7 Å². The van der Waals surface area contributed by atoms with Gasteiger partial charge in [-0.3, -0.25) is 0 Å². The molecule has 0 atom stereocenters. The van der Waals surface area contributed by atoms with Crippen molar-refractivity contribution < 1.29 is 9.47 Å². The number of rotatable bonds is 7. The van der Waals surface area contributed by atoms with Gasteiger partial charge in [-0.15, -0.1) is 11.3 Å². The standard InChI is InChI=1S/C22H20N4O2S/c1-2-6-18-17(5-1)21(23-10-9-16-4-3-11-29-16)26-22(25-18)24-13-15-7-8-19-20(12-15)28-14-27-19/h1-8,11-12H,9-10,13-14H2,(H2,23,24,25,26). The summed E-state index contributed by atoms with van der Waals surface area (Å²) >= 11 is 1.77. The predicted molar refractivity (Wildman–Crippen MR) is 116 cm³/mol. The Morgan fingerprint density at radius 2 is 1.86 bits per heavy atom. The predicted octanol–water partition coefficient (Wildman–Crippen LogP) is 4.69. The Labute approximate surface area is 172 Å². The van der Waals surface area contributed by atoms with E-state index in [9.17, 15) is 0 Å². The Balaban J connectivity index is 1.33. The van der Waals surface area contributed by atoms with Gasteiger partial charge in [0.15, 0.2) is 11.5 Å². The van der Waals surface area contributed by atoms with Crippen molar-refractivity contribution in [2.45, 2.75) is 13.0 Å². The number of para-hydroxylation sites is 1. The summed E-state index contributed by atoms with van der Waals surface area (Å²) in [5.74, 6) is 3.01. The molecule has 1 aliphatic heterocycles. The lowest BCUT2D eigenvalue weighted by Gasteiger charge is -2.12. The minimum absolute atomic E-state index is 0.278. The lowest BCUT2D eigenvalue weighted by atomic mass is 10.2. The fourth-order valence-electron chi connectivity index (χ4n) is 3.28. The van der Waals surface area contributed by atoms with Crippen LogP contribution >= 0.6 is 11.3 Å². The Hall–Kier alpha value is -3.32. The van der Waals surface area contributed by atoms with Crippen molar-refractivity contribution >= 4 is 34.0 Å². The van der Waals surface area contributed by atoms with Crippen LogP contribution in [-0.2, 0) is 13.0 Å². The number of fused-ring (bicyclic) bond motifs is 2. The third-order valence-corrected chi connectivity index (χ3v) is 5.67. The molecule has 7 heteroatoms. The van der Waals surface area contributed by atoms with E-state index in [0.717, 1.165) is 46.7 Å². The van der Waals surface area contributed by atoms with Crippen molar-refractivity contribution in [3.8, 4) is 11.5 Å². The van der Waals surface area contributed by atoms with Crippen molar-refractivity contribution in [2.75, 3.05) is 24.0 Å². The minimum Gasteiger partial charge on any atom is -0.454 e. The largest absolute Gasteiger partial charge is 0.454 e. The number of anilines is 2. The quantitative estimate of drug-likeness (QED) is 0.466. The lowest BCUT2D eigenvalue weighted by Crippen LogP contribution is -2.10. The SMILES string of the molecule is c1csc(CCNc2nc(NCc3ccc4c(c3)OCO4)nc3ccccc23)c1. The van der Waals surface area contributed by atoms with Crippen molar-refractivity contribution in [3.63, 3.8) is 0 Å². The molecule has 0 bridgehead atoms. The monoisotopic (exact) mass is 404 g/mol. The molecule has 0 saturated carbocycles. The lowest BCUT2D eigenvalue weighted by molar-refractivity contribution is 0.174. The van der Waals surface area contributed by atoms with Gasteiger partial charge in [0.25, 0.3) is 0 Å². The fourth-order valence-corrected chi connectivity index (χ4v) is 3.99. The molecule has 0 spiro atoms. The second kappa shape index (κ2) is 7.97. The summed E-state index contributed by atoms with van der Waals surface area (Å²) in [6.45, 7) is 1.70. The van der Waals surface area contributed by atoms with E-state index in [-0.39, 0.29) is 6.79 Å². The molecule has 2 aromatic heterocycles. The van der Waals surface area contributed by atoms with Crippen LogP contribution in [-0.4, -0.2) is 23.3 Å². The molecule has 0 fully saturated rings. The van der Waals surface area contributed by atoms with Gasteiger partial charge >= 0.3 is 0 Å². The molecule has 6 nitrogen and oxygen atoms in total. The van der Waals surface area contributed by atoms with E-state index in [0.29, 0.717) is 12.5 Å². The highest BCUT2D eigenvalue weighted by molar-refractivity contribution is 7.09. The first-order valence-electron chi connectivity index (χ1n) is 9.50. The van der Waals surface area contributed by atoms with Crippen molar-refractivity contribution in [3.05, 3.63) is 70.4 Å². The molecule has 146 valence electrons. The molecule has 5 rings (SSSR count). The van der Waals surface area contributed by atoms with E-state index in [1.54, 1.807) is 11.3 Å². The average Bonchev–Trinajstić information content (AvgIpc) is 3.43. The van der Waals surface area contributed by atoms with Gasteiger partial charge in [0.05, 0.1) is 5.52 Å². The maximum atomic E-state index is 5.45. The zero-order chi connectivity index (χ0) is 19.5. The Morgan fingerprint density at radius 3 is 2.79 bits per heavy atom. The maximum absolute atomic E-state index is 5.45. The summed E-state index contributed by atoms with van der Waals surface area (Å²) in [5.41, 5.74) is 1.99. The number of nitrogens with one attached hydrogen (secondary N) is 2. The van der Waals surface area contributed by atoms with Crippen LogP contribution in [0.5, 0.6) is 11.5 Å². The van der Waals surface area contributed by atoms with E-state index in [4.69, 9.17) is 14.5 Å². The van der Waals surface area contributed by atoms with E-state index < -0.39 is 0 Å². The van der Waals surface area contributed by atoms with Crippen LogP contribution in [0.25, 0.3) is 10.9 Å². The second-order valence-electron chi connectivity index (χ2n) is 6.71. The van der Waals surface area contributed by atoms with Gasteiger partial charge in [-0.1, -0.05) is 24.3 Å². The van der Waals surface area contributed by atoms with E-state index >= 15 is 0 Å². The minimum atomic E-state index is 0.278. The first-order valence-corrected chi connectivity index (χ1v) is 10.4. The number of ether oxygens (including phenoxy) is 2. The van der Waals surface area contributed by atoms with Crippen molar-refractivity contribution in [2.24, 2.45) is 0 Å². The molecule has 0 aliphatic carbocycles. The fraction of sp³-hybridized carbons (Fsp3) is 0.182. The topological polar surface area (TPSA) is 68.3 Å². The summed E-state index contributed by atoms with van der Waals surface area (Å²) < 4.78 is 10.8. The summed E-state index contributed by atoms with van der Waals surface area (Å²) in [4.78, 5) is 10.7. The zero-order valence-electron chi connectivity index (χ0n) is 15.7. The third-order valence-electron chi connectivity index (χ3n) is 4.73. The summed E-state index contributed by atoms with van der Waals surface area (Å²) in [5, 5.41) is 9.94. The van der Waals surface area contributed by atoms with E-state index in [2.05, 4.69) is 33.1 Å². The van der Waals surface area contributed by atoms with Crippen molar-refractivity contribution in [1.82, 2.24) is 9.97 Å². The number of thiophene rings is 1. The highest BCUT2D eigenvalue weighted by Gasteiger charge is 2.13. The number of hydrogen-bond acceptors (Lipinski definition) is 7. The molecule has 4 aromatic rings.